The Morgan fingerprint density at radius 1 is 1.24 bits per heavy atom. The smallest absolute Gasteiger partial charge is 0.416 e. The summed E-state index contributed by atoms with van der Waals surface area (Å²) in [5, 5.41) is 13.2. The molecule has 0 radical (unpaired) electrons. The zero-order chi connectivity index (χ0) is 20.9. The Morgan fingerprint density at radius 3 is 2.79 bits per heavy atom. The maximum Gasteiger partial charge on any atom is 0.416 e. The Kier molecular flexibility index (Phi) is 5.83. The van der Waals surface area contributed by atoms with E-state index < -0.39 is 11.7 Å². The number of halogens is 3. The fourth-order valence-corrected chi connectivity index (χ4v) is 2.62. The number of oxime groups is 1. The molecule has 0 aliphatic heterocycles. The average molecular weight is 400 g/mol. The molecule has 2 heterocycles. The van der Waals surface area contributed by atoms with Gasteiger partial charge in [0, 0.05) is 12.4 Å². The second-order valence-electron chi connectivity index (χ2n) is 5.83. The second-order valence-corrected chi connectivity index (χ2v) is 5.83. The number of ether oxygens (including phenoxy) is 1. The lowest BCUT2D eigenvalue weighted by atomic mass is 10.1. The summed E-state index contributed by atoms with van der Waals surface area (Å²) in [6.07, 6.45) is 0.176. The van der Waals surface area contributed by atoms with Crippen LogP contribution in [0.5, 0.6) is 5.75 Å². The van der Waals surface area contributed by atoms with Crippen LogP contribution in [-0.2, 0) is 17.6 Å². The highest BCUT2D eigenvalue weighted by Crippen LogP contribution is 2.29. The predicted molar refractivity (Wildman–Crippen MR) is 98.7 cm³/mol. The SMILES string of the molecule is COc1ccnc(-n2cccc2/C=N\OCc2cccc(C(F)(F)F)c2)c1C#N. The van der Waals surface area contributed by atoms with Gasteiger partial charge in [0.25, 0.3) is 0 Å². The van der Waals surface area contributed by atoms with Crippen molar-refractivity contribution in [1.82, 2.24) is 9.55 Å². The van der Waals surface area contributed by atoms with Crippen molar-refractivity contribution in [3.8, 4) is 17.6 Å². The molecule has 3 rings (SSSR count). The van der Waals surface area contributed by atoms with Crippen LogP contribution in [0, 0.1) is 11.3 Å². The van der Waals surface area contributed by atoms with Crippen molar-refractivity contribution in [2.75, 3.05) is 7.11 Å². The summed E-state index contributed by atoms with van der Waals surface area (Å²) in [5.41, 5.74) is 0.412. The molecule has 2 aromatic heterocycles. The summed E-state index contributed by atoms with van der Waals surface area (Å²) >= 11 is 0. The van der Waals surface area contributed by atoms with E-state index in [1.807, 2.05) is 0 Å². The number of benzene rings is 1. The maximum absolute atomic E-state index is 12.8. The number of hydrogen-bond acceptors (Lipinski definition) is 5. The van der Waals surface area contributed by atoms with Gasteiger partial charge in [-0.25, -0.2) is 4.98 Å². The number of nitriles is 1. The highest BCUT2D eigenvalue weighted by molar-refractivity contribution is 5.78. The molecule has 0 unspecified atom stereocenters. The third-order valence-electron chi connectivity index (χ3n) is 3.98. The summed E-state index contributed by atoms with van der Waals surface area (Å²) in [5.74, 6) is 0.742. The largest absolute Gasteiger partial charge is 0.495 e. The molecule has 1 aromatic carbocycles. The minimum absolute atomic E-state index is 0.123. The first kappa shape index (κ1) is 19.9. The molecular weight excluding hydrogens is 385 g/mol. The second kappa shape index (κ2) is 8.48. The molecule has 29 heavy (non-hydrogen) atoms. The Balaban J connectivity index is 1.75. The predicted octanol–water partition coefficient (Wildman–Crippen LogP) is 4.32. The number of pyridine rings is 1. The molecule has 9 heteroatoms. The number of rotatable bonds is 6. The van der Waals surface area contributed by atoms with Gasteiger partial charge in [-0.05, 0) is 35.9 Å². The van der Waals surface area contributed by atoms with E-state index in [2.05, 4.69) is 16.2 Å². The fraction of sp³-hybridized carbons (Fsp3) is 0.150. The molecule has 0 aliphatic rings. The Morgan fingerprint density at radius 2 is 2.07 bits per heavy atom. The Hall–Kier alpha value is -3.80. The zero-order valence-corrected chi connectivity index (χ0v) is 15.2. The highest BCUT2D eigenvalue weighted by atomic mass is 19.4. The molecule has 0 N–H and O–H groups in total. The normalized spacial score (nSPS) is 11.4. The van der Waals surface area contributed by atoms with Crippen molar-refractivity contribution >= 4 is 6.21 Å². The monoisotopic (exact) mass is 400 g/mol. The number of hydrogen-bond donors (Lipinski definition) is 0. The van der Waals surface area contributed by atoms with Crippen molar-refractivity contribution < 1.29 is 22.7 Å². The third kappa shape index (κ3) is 4.55. The summed E-state index contributed by atoms with van der Waals surface area (Å²) in [6.45, 7) is -0.123. The molecule has 0 saturated carbocycles. The fourth-order valence-electron chi connectivity index (χ4n) is 2.62. The van der Waals surface area contributed by atoms with Crippen molar-refractivity contribution in [1.29, 1.82) is 5.26 Å². The number of aromatic nitrogens is 2. The molecule has 0 amide bonds. The first-order valence-electron chi connectivity index (χ1n) is 8.36. The lowest BCUT2D eigenvalue weighted by molar-refractivity contribution is -0.137. The van der Waals surface area contributed by atoms with E-state index in [4.69, 9.17) is 9.57 Å². The Bertz CT molecular complexity index is 1070. The van der Waals surface area contributed by atoms with Gasteiger partial charge in [0.15, 0.2) is 5.82 Å². The van der Waals surface area contributed by atoms with E-state index in [1.54, 1.807) is 29.0 Å². The average Bonchev–Trinajstić information content (AvgIpc) is 3.18. The van der Waals surface area contributed by atoms with Crippen molar-refractivity contribution in [2.45, 2.75) is 12.8 Å². The van der Waals surface area contributed by atoms with Crippen molar-refractivity contribution in [2.24, 2.45) is 5.16 Å². The molecule has 0 spiro atoms. The van der Waals surface area contributed by atoms with Crippen LogP contribution in [0.15, 0.2) is 60.0 Å². The number of nitrogens with zero attached hydrogens (tertiary/aromatic N) is 4. The molecule has 148 valence electrons. The Labute approximate surface area is 164 Å². The van der Waals surface area contributed by atoms with Crippen LogP contribution in [0.25, 0.3) is 5.82 Å². The standard InChI is InChI=1S/C20H15F3N4O2/c1-28-18-7-8-25-19(17(18)11-24)27-9-3-6-16(27)12-26-29-13-14-4-2-5-15(10-14)20(21,22)23/h2-10,12H,13H2,1H3/b26-12-. The molecule has 0 atom stereocenters. The summed E-state index contributed by atoms with van der Waals surface area (Å²) in [7, 11) is 1.46. The minimum atomic E-state index is -4.41. The highest BCUT2D eigenvalue weighted by Gasteiger charge is 2.30. The van der Waals surface area contributed by atoms with E-state index >= 15 is 0 Å². The first-order chi connectivity index (χ1) is 13.9. The maximum atomic E-state index is 12.8. The van der Waals surface area contributed by atoms with Gasteiger partial charge in [-0.2, -0.15) is 18.4 Å². The van der Waals surface area contributed by atoms with Crippen LogP contribution >= 0.6 is 0 Å². The van der Waals surface area contributed by atoms with Crippen LogP contribution < -0.4 is 4.74 Å². The van der Waals surface area contributed by atoms with Gasteiger partial charge in [0.05, 0.1) is 24.6 Å². The number of alkyl halides is 3. The zero-order valence-electron chi connectivity index (χ0n) is 15.2. The number of methoxy groups -OCH3 is 1. The van der Waals surface area contributed by atoms with Crippen LogP contribution in [0.1, 0.15) is 22.4 Å². The van der Waals surface area contributed by atoms with E-state index in [9.17, 15) is 18.4 Å². The first-order valence-corrected chi connectivity index (χ1v) is 8.36. The van der Waals surface area contributed by atoms with Crippen LogP contribution in [-0.4, -0.2) is 22.9 Å². The van der Waals surface area contributed by atoms with E-state index in [0.717, 1.165) is 12.1 Å². The van der Waals surface area contributed by atoms with Crippen LogP contribution in [0.2, 0.25) is 0 Å². The molecule has 6 nitrogen and oxygen atoms in total. The summed E-state index contributed by atoms with van der Waals surface area (Å²) < 4.78 is 45.1. The van der Waals surface area contributed by atoms with Gasteiger partial charge in [-0.15, -0.1) is 0 Å². The topological polar surface area (TPSA) is 72.4 Å². The molecule has 0 saturated heterocycles. The molecular formula is C20H15F3N4O2. The van der Waals surface area contributed by atoms with E-state index in [1.165, 1.54) is 31.7 Å². The molecule has 0 fully saturated rings. The summed E-state index contributed by atoms with van der Waals surface area (Å²) in [4.78, 5) is 9.35. The van der Waals surface area contributed by atoms with Gasteiger partial charge >= 0.3 is 6.18 Å². The third-order valence-corrected chi connectivity index (χ3v) is 3.98. The van der Waals surface area contributed by atoms with Gasteiger partial charge < -0.3 is 9.57 Å². The van der Waals surface area contributed by atoms with Crippen LogP contribution in [0.3, 0.4) is 0 Å². The minimum Gasteiger partial charge on any atom is -0.495 e. The van der Waals surface area contributed by atoms with Gasteiger partial charge in [-0.3, -0.25) is 4.57 Å². The lowest BCUT2D eigenvalue weighted by Gasteiger charge is -2.10. The molecule has 0 bridgehead atoms. The van der Waals surface area contributed by atoms with Crippen molar-refractivity contribution in [3.63, 3.8) is 0 Å². The van der Waals surface area contributed by atoms with E-state index in [0.29, 0.717) is 22.8 Å². The van der Waals surface area contributed by atoms with E-state index in [-0.39, 0.29) is 12.2 Å². The van der Waals surface area contributed by atoms with Gasteiger partial charge in [-0.1, -0.05) is 17.3 Å². The summed E-state index contributed by atoms with van der Waals surface area (Å²) in [6, 6.07) is 11.9. The van der Waals surface area contributed by atoms with Gasteiger partial charge in [0.2, 0.25) is 0 Å². The van der Waals surface area contributed by atoms with Gasteiger partial charge in [0.1, 0.15) is 24.0 Å². The lowest BCUT2D eigenvalue weighted by Crippen LogP contribution is -2.05. The van der Waals surface area contributed by atoms with Crippen LogP contribution in [0.4, 0.5) is 13.2 Å². The van der Waals surface area contributed by atoms with Crippen molar-refractivity contribution in [3.05, 3.63) is 77.2 Å². The molecule has 0 aliphatic carbocycles. The quantitative estimate of drug-likeness (QED) is 0.456. The molecule has 3 aromatic rings.